The van der Waals surface area contributed by atoms with Crippen molar-refractivity contribution < 1.29 is 4.79 Å². The number of carbonyl (C=O) groups excluding carboxylic acids is 1. The number of amides is 1. The van der Waals surface area contributed by atoms with E-state index in [4.69, 9.17) is 0 Å². The number of aromatic nitrogens is 1. The van der Waals surface area contributed by atoms with Crippen molar-refractivity contribution in [1.29, 1.82) is 0 Å². The fourth-order valence-corrected chi connectivity index (χ4v) is 3.65. The number of pyridine rings is 1. The third-order valence-corrected chi connectivity index (χ3v) is 5.39. The van der Waals surface area contributed by atoms with Gasteiger partial charge in [0.05, 0.1) is 12.2 Å². The Labute approximate surface area is 166 Å². The van der Waals surface area contributed by atoms with E-state index in [1.165, 1.54) is 4.90 Å². The molecular formula is C20H26ClN3OS. The Morgan fingerprint density at radius 1 is 1.19 bits per heavy atom. The molecule has 1 atom stereocenters. The summed E-state index contributed by atoms with van der Waals surface area (Å²) < 4.78 is 0. The zero-order valence-electron chi connectivity index (χ0n) is 15.1. The summed E-state index contributed by atoms with van der Waals surface area (Å²) in [4.78, 5) is 20.8. The second-order valence-corrected chi connectivity index (χ2v) is 7.20. The van der Waals surface area contributed by atoms with E-state index in [2.05, 4.69) is 10.3 Å². The molecule has 0 saturated carbocycles. The predicted molar refractivity (Wildman–Crippen MR) is 110 cm³/mol. The zero-order chi connectivity index (χ0) is 17.5. The summed E-state index contributed by atoms with van der Waals surface area (Å²) in [5, 5.41) is 3.43. The lowest BCUT2D eigenvalue weighted by Gasteiger charge is -2.31. The molecule has 2 heterocycles. The maximum absolute atomic E-state index is 13.2. The molecule has 26 heavy (non-hydrogen) atoms. The Morgan fingerprint density at radius 2 is 2.00 bits per heavy atom. The first-order valence-corrected chi connectivity index (χ1v) is 10.1. The SMILES string of the molecule is CSc1ccc(C(=O)N(Cc2ccccn2)C2CCCNCC2)cc1.Cl. The molecular weight excluding hydrogens is 366 g/mol. The smallest absolute Gasteiger partial charge is 0.254 e. The quantitative estimate of drug-likeness (QED) is 0.782. The van der Waals surface area contributed by atoms with Crippen LogP contribution in [-0.2, 0) is 6.54 Å². The molecule has 3 rings (SSSR count). The Hall–Kier alpha value is -1.56. The standard InChI is InChI=1S/C20H25N3OS.ClH/c1-25-19-9-7-16(8-10-19)20(24)23(15-17-5-2-3-13-22-17)18-6-4-12-21-14-11-18;/h2-3,5,7-10,13,18,21H,4,6,11-12,14-15H2,1H3;1H. The number of rotatable bonds is 5. The van der Waals surface area contributed by atoms with Crippen LogP contribution in [0.4, 0.5) is 0 Å². The van der Waals surface area contributed by atoms with Crippen LogP contribution in [-0.4, -0.2) is 41.2 Å². The summed E-state index contributed by atoms with van der Waals surface area (Å²) in [7, 11) is 0. The van der Waals surface area contributed by atoms with Crippen LogP contribution in [0.3, 0.4) is 0 Å². The Bertz CT molecular complexity index is 673. The van der Waals surface area contributed by atoms with Gasteiger partial charge in [0.2, 0.25) is 0 Å². The Balaban J connectivity index is 0.00000243. The highest BCUT2D eigenvalue weighted by Gasteiger charge is 2.26. The van der Waals surface area contributed by atoms with Crippen LogP contribution < -0.4 is 5.32 Å². The highest BCUT2D eigenvalue weighted by molar-refractivity contribution is 7.98. The van der Waals surface area contributed by atoms with Crippen LogP contribution in [0.1, 0.15) is 35.3 Å². The maximum atomic E-state index is 13.2. The van der Waals surface area contributed by atoms with Crippen molar-refractivity contribution in [3.8, 4) is 0 Å². The average Bonchev–Trinajstić information content (AvgIpc) is 2.96. The molecule has 2 aromatic rings. The lowest BCUT2D eigenvalue weighted by Crippen LogP contribution is -2.40. The largest absolute Gasteiger partial charge is 0.330 e. The van der Waals surface area contributed by atoms with Crippen molar-refractivity contribution >= 4 is 30.1 Å². The summed E-state index contributed by atoms with van der Waals surface area (Å²) in [5.74, 6) is 0.102. The van der Waals surface area contributed by atoms with Crippen LogP contribution in [0.5, 0.6) is 0 Å². The first-order chi connectivity index (χ1) is 12.3. The number of benzene rings is 1. The third-order valence-electron chi connectivity index (χ3n) is 4.64. The molecule has 1 amide bonds. The second-order valence-electron chi connectivity index (χ2n) is 6.32. The third kappa shape index (κ3) is 5.47. The molecule has 1 aliphatic heterocycles. The summed E-state index contributed by atoms with van der Waals surface area (Å²) in [6.07, 6.45) is 6.96. The van der Waals surface area contributed by atoms with Gasteiger partial charge >= 0.3 is 0 Å². The maximum Gasteiger partial charge on any atom is 0.254 e. The topological polar surface area (TPSA) is 45.2 Å². The number of thioether (sulfide) groups is 1. The molecule has 1 N–H and O–H groups in total. The van der Waals surface area contributed by atoms with Gasteiger partial charge in [0, 0.05) is 22.7 Å². The molecule has 1 aromatic carbocycles. The summed E-state index contributed by atoms with van der Waals surface area (Å²) in [6.45, 7) is 2.56. The van der Waals surface area contributed by atoms with Crippen molar-refractivity contribution in [1.82, 2.24) is 15.2 Å². The number of nitrogens with one attached hydrogen (secondary N) is 1. The van der Waals surface area contributed by atoms with Crippen LogP contribution in [0.15, 0.2) is 53.6 Å². The van der Waals surface area contributed by atoms with Crippen LogP contribution >= 0.6 is 24.2 Å². The van der Waals surface area contributed by atoms with E-state index in [1.807, 2.05) is 53.6 Å². The number of carbonyl (C=O) groups is 1. The van der Waals surface area contributed by atoms with E-state index in [0.29, 0.717) is 6.54 Å². The molecule has 1 fully saturated rings. The first-order valence-electron chi connectivity index (χ1n) is 8.83. The van der Waals surface area contributed by atoms with Gasteiger partial charge in [-0.3, -0.25) is 9.78 Å². The van der Waals surface area contributed by atoms with Crippen molar-refractivity contribution in [3.05, 3.63) is 59.9 Å². The molecule has 6 heteroatoms. The van der Waals surface area contributed by atoms with Crippen molar-refractivity contribution in [2.45, 2.75) is 36.7 Å². The molecule has 0 radical (unpaired) electrons. The zero-order valence-corrected chi connectivity index (χ0v) is 16.7. The molecule has 1 saturated heterocycles. The van der Waals surface area contributed by atoms with Gasteiger partial charge in [-0.15, -0.1) is 24.2 Å². The van der Waals surface area contributed by atoms with Gasteiger partial charge in [0.1, 0.15) is 0 Å². The van der Waals surface area contributed by atoms with E-state index >= 15 is 0 Å². The number of halogens is 1. The molecule has 1 aliphatic rings. The van der Waals surface area contributed by atoms with Crippen molar-refractivity contribution in [3.63, 3.8) is 0 Å². The van der Waals surface area contributed by atoms with Gasteiger partial charge in [0.25, 0.3) is 5.91 Å². The molecule has 1 aromatic heterocycles. The summed E-state index contributed by atoms with van der Waals surface area (Å²) in [5.41, 5.74) is 1.69. The lowest BCUT2D eigenvalue weighted by atomic mass is 10.0. The van der Waals surface area contributed by atoms with Gasteiger partial charge in [-0.05, 0) is 75.0 Å². The second kappa shape index (κ2) is 10.6. The number of hydrogen-bond acceptors (Lipinski definition) is 4. The monoisotopic (exact) mass is 391 g/mol. The number of hydrogen-bond donors (Lipinski definition) is 1. The molecule has 140 valence electrons. The van der Waals surface area contributed by atoms with Gasteiger partial charge in [-0.2, -0.15) is 0 Å². The van der Waals surface area contributed by atoms with Gasteiger partial charge in [-0.25, -0.2) is 0 Å². The lowest BCUT2D eigenvalue weighted by molar-refractivity contribution is 0.0642. The summed E-state index contributed by atoms with van der Waals surface area (Å²) in [6, 6.07) is 14.1. The van der Waals surface area contributed by atoms with E-state index < -0.39 is 0 Å². The van der Waals surface area contributed by atoms with Crippen LogP contribution in [0.25, 0.3) is 0 Å². The first kappa shape index (κ1) is 20.7. The molecule has 0 spiro atoms. The highest BCUT2D eigenvalue weighted by atomic mass is 35.5. The fourth-order valence-electron chi connectivity index (χ4n) is 3.24. The van der Waals surface area contributed by atoms with E-state index in [0.717, 1.165) is 43.6 Å². The van der Waals surface area contributed by atoms with Crippen LogP contribution in [0, 0.1) is 0 Å². The van der Waals surface area contributed by atoms with E-state index in [1.54, 1.807) is 18.0 Å². The van der Waals surface area contributed by atoms with Crippen molar-refractivity contribution in [2.24, 2.45) is 0 Å². The van der Waals surface area contributed by atoms with E-state index in [-0.39, 0.29) is 24.4 Å². The number of nitrogens with zero attached hydrogens (tertiary/aromatic N) is 2. The molecule has 1 unspecified atom stereocenters. The normalized spacial score (nSPS) is 17.0. The summed E-state index contributed by atoms with van der Waals surface area (Å²) >= 11 is 1.69. The molecule has 4 nitrogen and oxygen atoms in total. The minimum Gasteiger partial charge on any atom is -0.330 e. The van der Waals surface area contributed by atoms with Gasteiger partial charge < -0.3 is 10.2 Å². The molecule has 0 aliphatic carbocycles. The molecule has 0 bridgehead atoms. The Kier molecular flexibility index (Phi) is 8.42. The minimum absolute atomic E-state index is 0. The van der Waals surface area contributed by atoms with Gasteiger partial charge in [0.15, 0.2) is 0 Å². The minimum atomic E-state index is 0. The highest BCUT2D eigenvalue weighted by Crippen LogP contribution is 2.21. The predicted octanol–water partition coefficient (Wildman–Crippen LogP) is 4.01. The fraction of sp³-hybridized carbons (Fsp3) is 0.400. The van der Waals surface area contributed by atoms with E-state index in [9.17, 15) is 4.79 Å². The average molecular weight is 392 g/mol. The van der Waals surface area contributed by atoms with Crippen LogP contribution in [0.2, 0.25) is 0 Å². The van der Waals surface area contributed by atoms with Gasteiger partial charge in [-0.1, -0.05) is 6.07 Å². The Morgan fingerprint density at radius 3 is 2.69 bits per heavy atom. The van der Waals surface area contributed by atoms with Crippen molar-refractivity contribution in [2.75, 3.05) is 19.3 Å².